The Labute approximate surface area is 133 Å². The minimum Gasteiger partial charge on any atom is -0.393 e. The lowest BCUT2D eigenvalue weighted by atomic mass is 9.91. The molecular weight excluding hydrogens is 302 g/mol. The van der Waals surface area contributed by atoms with Gasteiger partial charge in [0.1, 0.15) is 0 Å². The van der Waals surface area contributed by atoms with Gasteiger partial charge in [0.05, 0.1) is 38.2 Å². The second kappa shape index (κ2) is 7.55. The highest BCUT2D eigenvalue weighted by molar-refractivity contribution is 7.85. The monoisotopic (exact) mass is 330 g/mol. The molecule has 1 fully saturated rings. The normalized spacial score (nSPS) is 22.6. The van der Waals surface area contributed by atoms with E-state index in [1.807, 2.05) is 6.92 Å². The van der Waals surface area contributed by atoms with Gasteiger partial charge in [-0.25, -0.2) is 0 Å². The largest absolute Gasteiger partial charge is 0.393 e. The lowest BCUT2D eigenvalue weighted by molar-refractivity contribution is -0.897. The molecule has 126 valence electrons. The molecule has 0 aliphatic heterocycles. The Morgan fingerprint density at radius 1 is 1.00 bits per heavy atom. The van der Waals surface area contributed by atoms with E-state index in [4.69, 9.17) is 4.55 Å². The Morgan fingerprint density at radius 2 is 1.45 bits per heavy atom. The summed E-state index contributed by atoms with van der Waals surface area (Å²) in [5.74, 6) is 0. The fourth-order valence-electron chi connectivity index (χ4n) is 2.54. The molecule has 1 aromatic rings. The van der Waals surface area contributed by atoms with Crippen molar-refractivity contribution in [1.82, 2.24) is 0 Å². The van der Waals surface area contributed by atoms with E-state index in [1.54, 1.807) is 12.1 Å². The molecule has 0 unspecified atom stereocenters. The number of quaternary nitrogens is 1. The van der Waals surface area contributed by atoms with Crippen molar-refractivity contribution in [2.75, 3.05) is 21.1 Å². The van der Waals surface area contributed by atoms with E-state index in [1.165, 1.54) is 25.0 Å². The Balaban J connectivity index is 0.000000220. The van der Waals surface area contributed by atoms with Gasteiger partial charge < -0.3 is 9.59 Å². The highest BCUT2D eigenvalue weighted by Crippen LogP contribution is 2.24. The van der Waals surface area contributed by atoms with Gasteiger partial charge >= 0.3 is 0 Å². The van der Waals surface area contributed by atoms with Gasteiger partial charge in [-0.15, -0.1) is 0 Å². The number of hydrogen-bond acceptors (Lipinski definition) is 3. The number of hydrogen-bond donors (Lipinski definition) is 2. The average molecular weight is 330 g/mol. The van der Waals surface area contributed by atoms with Crippen LogP contribution in [0, 0.1) is 6.92 Å². The molecule has 0 amide bonds. The molecule has 0 bridgehead atoms. The summed E-state index contributed by atoms with van der Waals surface area (Å²) in [5, 5.41) is 9.29. The van der Waals surface area contributed by atoms with Gasteiger partial charge in [0.15, 0.2) is 0 Å². The van der Waals surface area contributed by atoms with E-state index in [9.17, 15) is 13.5 Å². The van der Waals surface area contributed by atoms with Gasteiger partial charge in [-0.1, -0.05) is 17.7 Å². The van der Waals surface area contributed by atoms with Crippen LogP contribution in [0.3, 0.4) is 0 Å². The molecule has 22 heavy (non-hydrogen) atoms. The first-order chi connectivity index (χ1) is 10.00. The van der Waals surface area contributed by atoms with Gasteiger partial charge in [-0.3, -0.25) is 4.55 Å². The number of rotatable bonds is 2. The van der Waals surface area contributed by atoms with E-state index in [-0.39, 0.29) is 11.0 Å². The molecule has 2 N–H and O–H groups in total. The second-order valence-electron chi connectivity index (χ2n) is 6.87. The number of aryl methyl sites for hydroxylation is 1. The minimum absolute atomic E-state index is 0.0159. The van der Waals surface area contributed by atoms with Crippen molar-refractivity contribution in [1.29, 1.82) is 0 Å². The van der Waals surface area contributed by atoms with Gasteiger partial charge in [-0.2, -0.15) is 8.42 Å². The number of aliphatic hydroxyl groups excluding tert-OH is 1. The molecule has 0 heterocycles. The lowest BCUT2D eigenvalue weighted by Crippen LogP contribution is -2.47. The second-order valence-corrected chi connectivity index (χ2v) is 8.29. The van der Waals surface area contributed by atoms with Crippen molar-refractivity contribution in [2.45, 2.75) is 49.6 Å². The topological polar surface area (TPSA) is 74.6 Å². The van der Waals surface area contributed by atoms with E-state index in [0.29, 0.717) is 0 Å². The summed E-state index contributed by atoms with van der Waals surface area (Å²) in [7, 11) is 2.70. The molecular formula is C16H28NO4S+. The van der Waals surface area contributed by atoms with Gasteiger partial charge in [0.25, 0.3) is 10.1 Å². The van der Waals surface area contributed by atoms with Gasteiger partial charge in [0.2, 0.25) is 0 Å². The fourth-order valence-corrected chi connectivity index (χ4v) is 3.02. The standard InChI is InChI=1S/C9H20NO.C7H8O3S/c1-10(2,3)8-4-6-9(11)7-5-8;1-6-2-4-7(5-3-6)11(8,9)10/h8-9,11H,4-7H2,1-3H3;2-5H,1H3,(H,8,9,10)/q+1;. The minimum atomic E-state index is -4.02. The molecule has 0 spiro atoms. The molecule has 0 aromatic heterocycles. The summed E-state index contributed by atoms with van der Waals surface area (Å²) in [6, 6.07) is 6.75. The van der Waals surface area contributed by atoms with Crippen LogP contribution in [0.2, 0.25) is 0 Å². The SMILES string of the molecule is C[N+](C)(C)C1CCC(O)CC1.Cc1ccc(S(=O)(=O)O)cc1. The van der Waals surface area contributed by atoms with E-state index in [0.717, 1.165) is 28.9 Å². The third-order valence-electron chi connectivity index (χ3n) is 4.08. The van der Waals surface area contributed by atoms with E-state index in [2.05, 4.69) is 21.1 Å². The molecule has 0 saturated heterocycles. The summed E-state index contributed by atoms with van der Waals surface area (Å²) in [4.78, 5) is -0.0666. The van der Waals surface area contributed by atoms with Gasteiger partial charge in [-0.05, 0) is 31.9 Å². The molecule has 2 rings (SSSR count). The number of aliphatic hydroxyl groups is 1. The molecule has 1 aliphatic rings. The van der Waals surface area contributed by atoms with Crippen LogP contribution in [0.1, 0.15) is 31.2 Å². The van der Waals surface area contributed by atoms with Gasteiger partial charge in [0, 0.05) is 12.8 Å². The van der Waals surface area contributed by atoms with Crippen LogP contribution in [0.25, 0.3) is 0 Å². The first kappa shape index (κ1) is 19.1. The molecule has 1 aliphatic carbocycles. The Kier molecular flexibility index (Phi) is 6.55. The Morgan fingerprint density at radius 3 is 1.82 bits per heavy atom. The predicted molar refractivity (Wildman–Crippen MR) is 87.3 cm³/mol. The maximum absolute atomic E-state index is 10.5. The summed E-state index contributed by atoms with van der Waals surface area (Å²) < 4.78 is 30.6. The number of benzene rings is 1. The predicted octanol–water partition coefficient (Wildman–Crippen LogP) is 2.24. The maximum Gasteiger partial charge on any atom is 0.294 e. The van der Waals surface area contributed by atoms with Crippen molar-refractivity contribution in [3.63, 3.8) is 0 Å². The van der Waals surface area contributed by atoms with Crippen LogP contribution in [0.15, 0.2) is 29.2 Å². The smallest absolute Gasteiger partial charge is 0.294 e. The van der Waals surface area contributed by atoms with Crippen LogP contribution >= 0.6 is 0 Å². The Hall–Kier alpha value is -0.950. The van der Waals surface area contributed by atoms with E-state index >= 15 is 0 Å². The van der Waals surface area contributed by atoms with Crippen LogP contribution in [-0.2, 0) is 10.1 Å². The van der Waals surface area contributed by atoms with Crippen molar-refractivity contribution in [3.8, 4) is 0 Å². The Bertz CT molecular complexity index is 553. The molecule has 1 saturated carbocycles. The molecule has 5 nitrogen and oxygen atoms in total. The quantitative estimate of drug-likeness (QED) is 0.644. The zero-order valence-electron chi connectivity index (χ0n) is 13.9. The van der Waals surface area contributed by atoms with E-state index < -0.39 is 10.1 Å². The lowest BCUT2D eigenvalue weighted by Gasteiger charge is -2.37. The van der Waals surface area contributed by atoms with Crippen LogP contribution < -0.4 is 0 Å². The molecule has 1 aromatic carbocycles. The summed E-state index contributed by atoms with van der Waals surface area (Å²) in [6.45, 7) is 1.84. The molecule has 6 heteroatoms. The highest BCUT2D eigenvalue weighted by atomic mass is 32.2. The van der Waals surface area contributed by atoms with Crippen molar-refractivity contribution in [2.24, 2.45) is 0 Å². The van der Waals surface area contributed by atoms with Crippen molar-refractivity contribution < 1.29 is 22.6 Å². The maximum atomic E-state index is 10.5. The zero-order chi connectivity index (χ0) is 17.0. The number of nitrogens with zero attached hydrogens (tertiary/aromatic N) is 1. The molecule has 0 atom stereocenters. The first-order valence-corrected chi connectivity index (χ1v) is 8.97. The van der Waals surface area contributed by atoms with Crippen LogP contribution in [0.5, 0.6) is 0 Å². The van der Waals surface area contributed by atoms with Crippen LogP contribution in [-0.4, -0.2) is 55.8 Å². The third-order valence-corrected chi connectivity index (χ3v) is 4.95. The third kappa shape index (κ3) is 6.44. The van der Waals surface area contributed by atoms with Crippen molar-refractivity contribution in [3.05, 3.63) is 29.8 Å². The van der Waals surface area contributed by atoms with Crippen LogP contribution in [0.4, 0.5) is 0 Å². The first-order valence-electron chi connectivity index (χ1n) is 7.53. The van der Waals surface area contributed by atoms with Crippen molar-refractivity contribution >= 4 is 10.1 Å². The summed E-state index contributed by atoms with van der Waals surface area (Å²) in [6.07, 6.45) is 4.35. The summed E-state index contributed by atoms with van der Waals surface area (Å²) in [5.41, 5.74) is 0.956. The molecule has 0 radical (unpaired) electrons. The zero-order valence-corrected chi connectivity index (χ0v) is 14.7. The summed E-state index contributed by atoms with van der Waals surface area (Å²) >= 11 is 0. The average Bonchev–Trinajstić information content (AvgIpc) is 2.38. The fraction of sp³-hybridized carbons (Fsp3) is 0.625. The highest BCUT2D eigenvalue weighted by Gasteiger charge is 2.28.